The van der Waals surface area contributed by atoms with Crippen molar-refractivity contribution in [3.8, 4) is 5.75 Å². The predicted octanol–water partition coefficient (Wildman–Crippen LogP) is 5.16. The molecule has 19 heavy (non-hydrogen) atoms. The Hall–Kier alpha value is -1.83. The molecule has 2 aromatic carbocycles. The summed E-state index contributed by atoms with van der Waals surface area (Å²) >= 11 is 0. The summed E-state index contributed by atoms with van der Waals surface area (Å²) in [6.07, 6.45) is 0. The monoisotopic (exact) mass is 262 g/mol. The van der Waals surface area contributed by atoms with E-state index in [0.717, 1.165) is 11.3 Å². The van der Waals surface area contributed by atoms with Gasteiger partial charge in [0, 0.05) is 0 Å². The van der Waals surface area contributed by atoms with Crippen LogP contribution in [0.1, 0.15) is 25.0 Å². The van der Waals surface area contributed by atoms with Gasteiger partial charge in [-0.05, 0) is 38.1 Å². The lowest BCUT2D eigenvalue weighted by Crippen LogP contribution is -1.80. The maximum absolute atomic E-state index is 12.1. The third-order valence-electron chi connectivity index (χ3n) is 2.27. The lowest BCUT2D eigenvalue weighted by molar-refractivity contribution is 0.414. The molecule has 0 spiro atoms. The van der Waals surface area contributed by atoms with Crippen molar-refractivity contribution >= 4 is 0 Å². The van der Waals surface area contributed by atoms with Crippen molar-refractivity contribution in [2.75, 3.05) is 7.11 Å². The number of methoxy groups -OCH3 is 1. The molecule has 0 bridgehead atoms. The summed E-state index contributed by atoms with van der Waals surface area (Å²) in [6, 6.07) is 14.4. The van der Waals surface area contributed by atoms with Crippen molar-refractivity contribution in [1.29, 1.82) is 0 Å². The highest BCUT2D eigenvalue weighted by atomic mass is 19.1. The molecule has 0 amide bonds. The van der Waals surface area contributed by atoms with E-state index in [-0.39, 0.29) is 5.82 Å². The Bertz CT molecular complexity index is 411. The van der Waals surface area contributed by atoms with E-state index in [9.17, 15) is 4.39 Å². The molecular formula is C17H23FO. The van der Waals surface area contributed by atoms with Gasteiger partial charge in [-0.25, -0.2) is 4.39 Å². The van der Waals surface area contributed by atoms with E-state index in [1.54, 1.807) is 19.2 Å². The number of hydrogen-bond donors (Lipinski definition) is 0. The lowest BCUT2D eigenvalue weighted by atomic mass is 10.2. The molecule has 0 aromatic heterocycles. The van der Waals surface area contributed by atoms with Gasteiger partial charge in [-0.15, -0.1) is 0 Å². The van der Waals surface area contributed by atoms with E-state index < -0.39 is 0 Å². The number of rotatable bonds is 1. The summed E-state index contributed by atoms with van der Waals surface area (Å²) < 4.78 is 17.1. The van der Waals surface area contributed by atoms with E-state index in [0.29, 0.717) is 0 Å². The molecule has 0 aliphatic rings. The van der Waals surface area contributed by atoms with Gasteiger partial charge in [-0.3, -0.25) is 0 Å². The Balaban J connectivity index is 0.000000303. The molecule has 0 saturated heterocycles. The largest absolute Gasteiger partial charge is 0.497 e. The standard InChI is InChI=1S/C8H10O.C7H7F.C2H6/c1-7-3-5-8(9-2)6-4-7;1-6-2-4-7(8)5-3-6;1-2/h3-6H,1-2H3;2-5H,1H3;1-2H3. The van der Waals surface area contributed by atoms with Crippen LogP contribution in [0.5, 0.6) is 5.75 Å². The third kappa shape index (κ3) is 7.98. The van der Waals surface area contributed by atoms with Crippen LogP contribution in [0.4, 0.5) is 4.39 Å². The first-order valence-corrected chi connectivity index (χ1v) is 6.44. The van der Waals surface area contributed by atoms with Crippen LogP contribution in [0.25, 0.3) is 0 Å². The molecule has 0 aliphatic heterocycles. The molecule has 2 heteroatoms. The van der Waals surface area contributed by atoms with Crippen LogP contribution >= 0.6 is 0 Å². The third-order valence-corrected chi connectivity index (χ3v) is 2.27. The summed E-state index contributed by atoms with van der Waals surface area (Å²) in [5.41, 5.74) is 2.35. The van der Waals surface area contributed by atoms with Crippen LogP contribution in [0.3, 0.4) is 0 Å². The molecule has 1 nitrogen and oxygen atoms in total. The first kappa shape index (κ1) is 17.2. The van der Waals surface area contributed by atoms with Gasteiger partial charge in [-0.2, -0.15) is 0 Å². The van der Waals surface area contributed by atoms with Crippen molar-refractivity contribution < 1.29 is 9.13 Å². The van der Waals surface area contributed by atoms with Crippen molar-refractivity contribution in [2.24, 2.45) is 0 Å². The zero-order chi connectivity index (χ0) is 14.7. The zero-order valence-electron chi connectivity index (χ0n) is 12.4. The summed E-state index contributed by atoms with van der Waals surface area (Å²) in [5, 5.41) is 0. The van der Waals surface area contributed by atoms with Crippen molar-refractivity contribution in [3.05, 3.63) is 65.5 Å². The summed E-state index contributed by atoms with van der Waals surface area (Å²) in [6.45, 7) is 7.98. The minimum absolute atomic E-state index is 0.171. The average molecular weight is 262 g/mol. The van der Waals surface area contributed by atoms with Crippen LogP contribution in [0.2, 0.25) is 0 Å². The second-order valence-electron chi connectivity index (χ2n) is 3.81. The average Bonchev–Trinajstić information content (AvgIpc) is 2.46. The van der Waals surface area contributed by atoms with Gasteiger partial charge in [0.15, 0.2) is 0 Å². The maximum atomic E-state index is 12.1. The molecule has 104 valence electrons. The molecule has 2 rings (SSSR count). The summed E-state index contributed by atoms with van der Waals surface area (Å²) in [5.74, 6) is 0.746. The molecule has 0 fully saturated rings. The van der Waals surface area contributed by atoms with E-state index in [2.05, 4.69) is 6.92 Å². The van der Waals surface area contributed by atoms with E-state index in [4.69, 9.17) is 4.74 Å². The van der Waals surface area contributed by atoms with Gasteiger partial charge in [-0.1, -0.05) is 49.2 Å². The zero-order valence-corrected chi connectivity index (χ0v) is 12.4. The Morgan fingerprint density at radius 1 is 0.737 bits per heavy atom. The van der Waals surface area contributed by atoms with E-state index in [1.165, 1.54) is 17.7 Å². The Kier molecular flexibility index (Phi) is 9.15. The number of ether oxygens (including phenoxy) is 1. The van der Waals surface area contributed by atoms with Gasteiger partial charge < -0.3 is 4.74 Å². The highest BCUT2D eigenvalue weighted by molar-refractivity contribution is 5.25. The topological polar surface area (TPSA) is 9.23 Å². The first-order chi connectivity index (χ1) is 9.11. The molecular weight excluding hydrogens is 239 g/mol. The Morgan fingerprint density at radius 2 is 1.11 bits per heavy atom. The highest BCUT2D eigenvalue weighted by Gasteiger charge is 1.85. The molecule has 2 aromatic rings. The molecule has 0 aliphatic carbocycles. The van der Waals surface area contributed by atoms with Gasteiger partial charge in [0.1, 0.15) is 11.6 Å². The Labute approximate surface area is 116 Å². The van der Waals surface area contributed by atoms with E-state index in [1.807, 2.05) is 45.0 Å². The quantitative estimate of drug-likeness (QED) is 0.689. The molecule has 0 atom stereocenters. The van der Waals surface area contributed by atoms with Crippen LogP contribution in [0, 0.1) is 19.7 Å². The minimum Gasteiger partial charge on any atom is -0.497 e. The fraction of sp³-hybridized carbons (Fsp3) is 0.294. The van der Waals surface area contributed by atoms with Crippen molar-refractivity contribution in [1.82, 2.24) is 0 Å². The second-order valence-corrected chi connectivity index (χ2v) is 3.81. The molecule has 0 heterocycles. The number of aryl methyl sites for hydroxylation is 2. The van der Waals surface area contributed by atoms with Gasteiger partial charge in [0.25, 0.3) is 0 Å². The van der Waals surface area contributed by atoms with Crippen LogP contribution in [0.15, 0.2) is 48.5 Å². The highest BCUT2D eigenvalue weighted by Crippen LogP contribution is 2.09. The fourth-order valence-corrected chi connectivity index (χ4v) is 1.21. The number of hydrogen-bond acceptors (Lipinski definition) is 1. The fourth-order valence-electron chi connectivity index (χ4n) is 1.21. The second kappa shape index (κ2) is 10.1. The van der Waals surface area contributed by atoms with Gasteiger partial charge >= 0.3 is 0 Å². The van der Waals surface area contributed by atoms with Crippen LogP contribution in [-0.2, 0) is 0 Å². The smallest absolute Gasteiger partial charge is 0.123 e. The lowest BCUT2D eigenvalue weighted by Gasteiger charge is -1.97. The Morgan fingerprint density at radius 3 is 1.42 bits per heavy atom. The molecule has 0 unspecified atom stereocenters. The predicted molar refractivity (Wildman–Crippen MR) is 80.2 cm³/mol. The van der Waals surface area contributed by atoms with Crippen LogP contribution < -0.4 is 4.74 Å². The first-order valence-electron chi connectivity index (χ1n) is 6.44. The van der Waals surface area contributed by atoms with Crippen LogP contribution in [-0.4, -0.2) is 7.11 Å². The van der Waals surface area contributed by atoms with E-state index >= 15 is 0 Å². The maximum Gasteiger partial charge on any atom is 0.123 e. The number of halogens is 1. The SMILES string of the molecule is CC.COc1ccc(C)cc1.Cc1ccc(F)cc1. The molecule has 0 N–H and O–H groups in total. The van der Waals surface area contributed by atoms with Gasteiger partial charge in [0.2, 0.25) is 0 Å². The number of benzene rings is 2. The normalized spacial score (nSPS) is 8.53. The molecule has 0 radical (unpaired) electrons. The summed E-state index contributed by atoms with van der Waals surface area (Å²) in [7, 11) is 1.67. The van der Waals surface area contributed by atoms with Crippen molar-refractivity contribution in [3.63, 3.8) is 0 Å². The minimum atomic E-state index is -0.171. The summed E-state index contributed by atoms with van der Waals surface area (Å²) in [4.78, 5) is 0. The van der Waals surface area contributed by atoms with Gasteiger partial charge in [0.05, 0.1) is 7.11 Å². The molecule has 0 saturated carbocycles. The van der Waals surface area contributed by atoms with Crippen molar-refractivity contribution in [2.45, 2.75) is 27.7 Å².